The van der Waals surface area contributed by atoms with E-state index in [1.807, 2.05) is 31.2 Å². The van der Waals surface area contributed by atoms with Gasteiger partial charge in [-0.1, -0.05) is 28.1 Å². The zero-order chi connectivity index (χ0) is 15.1. The maximum atomic E-state index is 12.6. The molecule has 0 aliphatic carbocycles. The van der Waals surface area contributed by atoms with Gasteiger partial charge in [-0.05, 0) is 24.6 Å². The Bertz CT molecular complexity index is 795. The van der Waals surface area contributed by atoms with Gasteiger partial charge >= 0.3 is 5.97 Å². The fraction of sp³-hybridized carbons (Fsp3) is 0.250. The first-order valence-electron chi connectivity index (χ1n) is 6.64. The third kappa shape index (κ3) is 2.42. The van der Waals surface area contributed by atoms with Crippen LogP contribution < -0.4 is 10.3 Å². The van der Waals surface area contributed by atoms with Crippen LogP contribution in [0.3, 0.4) is 0 Å². The predicted octanol–water partition coefficient (Wildman–Crippen LogP) is 2.90. The number of benzene rings is 1. The molecule has 2 heterocycles. The predicted molar refractivity (Wildman–Crippen MR) is 82.7 cm³/mol. The zero-order valence-corrected chi connectivity index (χ0v) is 13.3. The van der Waals surface area contributed by atoms with Crippen molar-refractivity contribution >= 4 is 21.9 Å². The molecule has 0 N–H and O–H groups in total. The van der Waals surface area contributed by atoms with E-state index in [1.165, 1.54) is 0 Å². The molecule has 21 heavy (non-hydrogen) atoms. The number of ether oxygens (including phenoxy) is 1. The van der Waals surface area contributed by atoms with Gasteiger partial charge in [0.05, 0.1) is 12.0 Å². The van der Waals surface area contributed by atoms with Gasteiger partial charge < -0.3 is 9.30 Å². The van der Waals surface area contributed by atoms with Gasteiger partial charge in [0.1, 0.15) is 5.75 Å². The van der Waals surface area contributed by atoms with E-state index in [4.69, 9.17) is 4.74 Å². The summed E-state index contributed by atoms with van der Waals surface area (Å²) in [6.45, 7) is 1.82. The second-order valence-corrected chi connectivity index (χ2v) is 6.13. The van der Waals surface area contributed by atoms with Crippen LogP contribution in [0.25, 0.3) is 0 Å². The number of carbonyl (C=O) groups is 1. The molecule has 3 rings (SSSR count). The monoisotopic (exact) mass is 347 g/mol. The molecule has 1 aliphatic heterocycles. The molecule has 0 fully saturated rings. The number of hydrogen-bond donors (Lipinski definition) is 0. The molecule has 0 bridgehead atoms. The van der Waals surface area contributed by atoms with Gasteiger partial charge in [-0.25, -0.2) is 0 Å². The van der Waals surface area contributed by atoms with Crippen molar-refractivity contribution < 1.29 is 9.53 Å². The Hall–Kier alpha value is -1.88. The lowest BCUT2D eigenvalue weighted by Crippen LogP contribution is -2.31. The molecule has 5 heteroatoms. The summed E-state index contributed by atoms with van der Waals surface area (Å²) in [4.78, 5) is 24.4. The summed E-state index contributed by atoms with van der Waals surface area (Å²) in [7, 11) is 1.73. The number of nitrogens with zero attached hydrogens (tertiary/aromatic N) is 1. The molecule has 4 nitrogen and oxygen atoms in total. The van der Waals surface area contributed by atoms with Gasteiger partial charge in [0, 0.05) is 29.2 Å². The highest BCUT2D eigenvalue weighted by molar-refractivity contribution is 9.10. The molecule has 0 spiro atoms. The van der Waals surface area contributed by atoms with Crippen molar-refractivity contribution in [1.29, 1.82) is 0 Å². The minimum absolute atomic E-state index is 0.109. The fourth-order valence-electron chi connectivity index (χ4n) is 2.66. The second kappa shape index (κ2) is 5.15. The average Bonchev–Trinajstić information content (AvgIpc) is 2.44. The van der Waals surface area contributed by atoms with Crippen LogP contribution in [0.15, 0.2) is 39.6 Å². The highest BCUT2D eigenvalue weighted by atomic mass is 79.9. The molecule has 0 amide bonds. The lowest BCUT2D eigenvalue weighted by molar-refractivity contribution is -0.135. The van der Waals surface area contributed by atoms with E-state index in [9.17, 15) is 9.59 Å². The van der Waals surface area contributed by atoms with Gasteiger partial charge in [-0.3, -0.25) is 9.59 Å². The quantitative estimate of drug-likeness (QED) is 0.745. The topological polar surface area (TPSA) is 48.3 Å². The highest BCUT2D eigenvalue weighted by Gasteiger charge is 2.32. The number of halogens is 1. The van der Waals surface area contributed by atoms with Gasteiger partial charge in [0.2, 0.25) is 0 Å². The first kappa shape index (κ1) is 14.1. The maximum absolute atomic E-state index is 12.6. The van der Waals surface area contributed by atoms with Gasteiger partial charge in [0.25, 0.3) is 5.56 Å². The molecule has 1 unspecified atom stereocenters. The van der Waals surface area contributed by atoms with E-state index < -0.39 is 0 Å². The van der Waals surface area contributed by atoms with Crippen LogP contribution in [-0.2, 0) is 11.8 Å². The number of aryl methyl sites for hydroxylation is 1. The first-order chi connectivity index (χ1) is 9.97. The van der Waals surface area contributed by atoms with Gasteiger partial charge in [0.15, 0.2) is 0 Å². The molecular weight excluding hydrogens is 334 g/mol. The summed E-state index contributed by atoms with van der Waals surface area (Å²) in [6, 6.07) is 9.43. The van der Waals surface area contributed by atoms with E-state index >= 15 is 0 Å². The normalized spacial score (nSPS) is 17.3. The summed E-state index contributed by atoms with van der Waals surface area (Å²) < 4.78 is 7.77. The molecule has 108 valence electrons. The minimum atomic E-state index is -0.305. The maximum Gasteiger partial charge on any atom is 0.312 e. The van der Waals surface area contributed by atoms with Crippen molar-refractivity contribution in [3.05, 3.63) is 62.0 Å². The summed E-state index contributed by atoms with van der Waals surface area (Å²) in [5, 5.41) is 0. The average molecular weight is 348 g/mol. The van der Waals surface area contributed by atoms with Crippen molar-refractivity contribution in [2.75, 3.05) is 0 Å². The highest BCUT2D eigenvalue weighted by Crippen LogP contribution is 2.37. The molecule has 2 aromatic rings. The Balaban J connectivity index is 2.24. The van der Waals surface area contributed by atoms with E-state index in [0.29, 0.717) is 11.3 Å². The number of pyridine rings is 1. The largest absolute Gasteiger partial charge is 0.426 e. The lowest BCUT2D eigenvalue weighted by atomic mass is 9.87. The first-order valence-corrected chi connectivity index (χ1v) is 7.43. The van der Waals surface area contributed by atoms with Crippen LogP contribution in [0.5, 0.6) is 5.75 Å². The van der Waals surface area contributed by atoms with Gasteiger partial charge in [-0.15, -0.1) is 0 Å². The van der Waals surface area contributed by atoms with E-state index in [2.05, 4.69) is 15.9 Å². The minimum Gasteiger partial charge on any atom is -0.426 e. The Morgan fingerprint density at radius 3 is 2.76 bits per heavy atom. The van der Waals surface area contributed by atoms with Crippen molar-refractivity contribution in [1.82, 2.24) is 4.57 Å². The number of rotatable bonds is 1. The van der Waals surface area contributed by atoms with Crippen molar-refractivity contribution in [3.63, 3.8) is 0 Å². The van der Waals surface area contributed by atoms with Crippen LogP contribution in [-0.4, -0.2) is 10.5 Å². The Kier molecular flexibility index (Phi) is 3.45. The molecule has 1 aliphatic rings. The number of carbonyl (C=O) groups excluding carboxylic acids is 1. The Labute approximate surface area is 130 Å². The van der Waals surface area contributed by atoms with Crippen LogP contribution in [0.2, 0.25) is 0 Å². The molecule has 1 aromatic heterocycles. The summed E-state index contributed by atoms with van der Waals surface area (Å²) in [6.07, 6.45) is 0.182. The molecule has 0 radical (unpaired) electrons. The van der Waals surface area contributed by atoms with Crippen LogP contribution in [0.4, 0.5) is 0 Å². The Morgan fingerprint density at radius 1 is 1.29 bits per heavy atom. The summed E-state index contributed by atoms with van der Waals surface area (Å²) in [5.41, 5.74) is 2.15. The second-order valence-electron chi connectivity index (χ2n) is 5.21. The molecule has 1 aromatic carbocycles. The Morgan fingerprint density at radius 2 is 2.05 bits per heavy atom. The summed E-state index contributed by atoms with van der Waals surface area (Å²) >= 11 is 3.43. The van der Waals surface area contributed by atoms with Crippen molar-refractivity contribution in [2.24, 2.45) is 7.05 Å². The van der Waals surface area contributed by atoms with Gasteiger partial charge in [-0.2, -0.15) is 0 Å². The molecule has 1 atom stereocenters. The lowest BCUT2D eigenvalue weighted by Gasteiger charge is -2.25. The smallest absolute Gasteiger partial charge is 0.312 e. The van der Waals surface area contributed by atoms with Crippen LogP contribution in [0, 0.1) is 6.92 Å². The third-order valence-corrected chi connectivity index (χ3v) is 4.36. The number of aromatic nitrogens is 1. The SMILES string of the molecule is Cc1cc2c(c(=O)n1C)C(c1cccc(Br)c1)CC(=O)O2. The zero-order valence-electron chi connectivity index (χ0n) is 11.7. The van der Waals surface area contributed by atoms with Crippen LogP contribution >= 0.6 is 15.9 Å². The number of hydrogen-bond acceptors (Lipinski definition) is 3. The van der Waals surface area contributed by atoms with Crippen molar-refractivity contribution in [3.8, 4) is 5.75 Å². The number of esters is 1. The van der Waals surface area contributed by atoms with Crippen molar-refractivity contribution in [2.45, 2.75) is 19.3 Å². The molecule has 0 saturated heterocycles. The van der Waals surface area contributed by atoms with E-state index in [-0.39, 0.29) is 23.9 Å². The van der Waals surface area contributed by atoms with E-state index in [0.717, 1.165) is 15.7 Å². The summed E-state index contributed by atoms with van der Waals surface area (Å²) in [5.74, 6) is -0.185. The fourth-order valence-corrected chi connectivity index (χ4v) is 3.07. The van der Waals surface area contributed by atoms with E-state index in [1.54, 1.807) is 17.7 Å². The molecule has 0 saturated carbocycles. The third-order valence-electron chi connectivity index (χ3n) is 3.86. The standard InChI is InChI=1S/C16H14BrNO3/c1-9-6-13-15(16(20)18(9)2)12(8-14(19)21-13)10-4-3-5-11(17)7-10/h3-7,12H,8H2,1-2H3. The molecular formula is C16H14BrNO3. The number of fused-ring (bicyclic) bond motifs is 1. The van der Waals surface area contributed by atoms with Crippen LogP contribution in [0.1, 0.15) is 29.2 Å².